The van der Waals surface area contributed by atoms with Gasteiger partial charge in [-0.05, 0) is 38.7 Å². The maximum Gasteiger partial charge on any atom is 0.287 e. The summed E-state index contributed by atoms with van der Waals surface area (Å²) in [4.78, 5) is 23.7. The van der Waals surface area contributed by atoms with E-state index < -0.39 is 5.91 Å². The number of Topliss-reactive ketones (excluding diaryl/α,β-unsaturated/α-hetero) is 1. The summed E-state index contributed by atoms with van der Waals surface area (Å²) in [5, 5.41) is 2.71. The van der Waals surface area contributed by atoms with Crippen molar-refractivity contribution in [1.29, 1.82) is 0 Å². The molecule has 1 N–H and O–H groups in total. The number of benzene rings is 1. The van der Waals surface area contributed by atoms with Gasteiger partial charge in [-0.3, -0.25) is 9.59 Å². The third-order valence-electron chi connectivity index (χ3n) is 2.94. The maximum atomic E-state index is 12.0. The van der Waals surface area contributed by atoms with E-state index in [-0.39, 0.29) is 23.7 Å². The zero-order valence-corrected chi connectivity index (χ0v) is 12.2. The van der Waals surface area contributed by atoms with Crippen molar-refractivity contribution in [2.24, 2.45) is 0 Å². The molecule has 0 aromatic heterocycles. The molecular weight excluding hydrogens is 238 g/mol. The molecule has 0 saturated heterocycles. The minimum Gasteiger partial charge on any atom is -0.345 e. The Balaban J connectivity index is 2.67. The molecule has 0 spiro atoms. The van der Waals surface area contributed by atoms with Crippen LogP contribution in [0.15, 0.2) is 30.3 Å². The first-order valence-corrected chi connectivity index (χ1v) is 6.73. The summed E-state index contributed by atoms with van der Waals surface area (Å²) >= 11 is 0. The average molecular weight is 261 g/mol. The first-order valence-electron chi connectivity index (χ1n) is 6.73. The van der Waals surface area contributed by atoms with Crippen LogP contribution < -0.4 is 5.32 Å². The summed E-state index contributed by atoms with van der Waals surface area (Å²) in [5.74, 6) is -0.716. The molecule has 1 rings (SSSR count). The highest BCUT2D eigenvalue weighted by molar-refractivity contribution is 6.36. The van der Waals surface area contributed by atoms with Crippen LogP contribution in [-0.4, -0.2) is 17.2 Å². The summed E-state index contributed by atoms with van der Waals surface area (Å²) in [7, 11) is 0. The largest absolute Gasteiger partial charge is 0.345 e. The molecule has 3 heteroatoms. The Bertz CT molecular complexity index is 432. The third-order valence-corrected chi connectivity index (χ3v) is 2.94. The lowest BCUT2D eigenvalue weighted by Gasteiger charge is -2.21. The van der Waals surface area contributed by atoms with E-state index in [1.54, 1.807) is 0 Å². The number of amides is 1. The van der Waals surface area contributed by atoms with Gasteiger partial charge in [0.2, 0.25) is 5.78 Å². The van der Waals surface area contributed by atoms with E-state index in [9.17, 15) is 9.59 Å². The minimum atomic E-state index is -0.484. The fourth-order valence-electron chi connectivity index (χ4n) is 1.95. The number of carbonyl (C=O) groups is 2. The fraction of sp³-hybridized carbons (Fsp3) is 0.500. The number of hydrogen-bond acceptors (Lipinski definition) is 2. The molecule has 0 saturated carbocycles. The van der Waals surface area contributed by atoms with Crippen molar-refractivity contribution in [3.8, 4) is 0 Å². The molecule has 104 valence electrons. The normalized spacial score (nSPS) is 12.8. The zero-order chi connectivity index (χ0) is 14.5. The van der Waals surface area contributed by atoms with Crippen molar-refractivity contribution in [1.82, 2.24) is 5.32 Å². The molecule has 0 aliphatic heterocycles. The highest BCUT2D eigenvalue weighted by Crippen LogP contribution is 2.23. The van der Waals surface area contributed by atoms with Crippen LogP contribution >= 0.6 is 0 Å². The maximum absolute atomic E-state index is 12.0. The van der Waals surface area contributed by atoms with Gasteiger partial charge >= 0.3 is 0 Å². The average Bonchev–Trinajstić information content (AvgIpc) is 2.34. The van der Waals surface area contributed by atoms with Gasteiger partial charge in [-0.25, -0.2) is 0 Å². The van der Waals surface area contributed by atoms with Crippen LogP contribution in [0, 0.1) is 0 Å². The van der Waals surface area contributed by atoms with Crippen LogP contribution in [-0.2, 0) is 9.59 Å². The summed E-state index contributed by atoms with van der Waals surface area (Å²) < 4.78 is 0. The predicted molar refractivity (Wildman–Crippen MR) is 77.0 cm³/mol. The van der Waals surface area contributed by atoms with Gasteiger partial charge in [0.15, 0.2) is 0 Å². The van der Waals surface area contributed by atoms with Gasteiger partial charge in [0.05, 0.1) is 0 Å². The molecule has 0 heterocycles. The number of hydrogen-bond donors (Lipinski definition) is 1. The van der Waals surface area contributed by atoms with Gasteiger partial charge in [-0.2, -0.15) is 0 Å². The Morgan fingerprint density at radius 1 is 1.16 bits per heavy atom. The standard InChI is InChI=1S/C16H23NO2/c1-5-12(13-9-7-6-8-10-13)11-14(18)15(19)17-16(2,3)4/h6-10,12H,5,11H2,1-4H3,(H,17,19). The van der Waals surface area contributed by atoms with Crippen LogP contribution in [0.25, 0.3) is 0 Å². The number of nitrogens with one attached hydrogen (secondary N) is 1. The zero-order valence-electron chi connectivity index (χ0n) is 12.2. The Labute approximate surface area is 115 Å². The smallest absolute Gasteiger partial charge is 0.287 e. The first-order chi connectivity index (χ1) is 8.83. The van der Waals surface area contributed by atoms with Crippen LogP contribution in [0.3, 0.4) is 0 Å². The Morgan fingerprint density at radius 2 is 1.74 bits per heavy atom. The second-order valence-electron chi connectivity index (χ2n) is 5.85. The summed E-state index contributed by atoms with van der Waals surface area (Å²) in [6.45, 7) is 7.64. The van der Waals surface area contributed by atoms with Crippen LogP contribution in [0.1, 0.15) is 52.0 Å². The Kier molecular flexibility index (Phi) is 5.28. The van der Waals surface area contributed by atoms with E-state index in [0.29, 0.717) is 0 Å². The molecule has 1 aromatic carbocycles. The molecule has 0 aliphatic carbocycles. The minimum absolute atomic E-state index is 0.111. The predicted octanol–water partition coefficient (Wildman–Crippen LogP) is 3.05. The molecule has 0 fully saturated rings. The SMILES string of the molecule is CCC(CC(=O)C(=O)NC(C)(C)C)c1ccccc1. The fourth-order valence-corrected chi connectivity index (χ4v) is 1.95. The highest BCUT2D eigenvalue weighted by atomic mass is 16.2. The molecular formula is C16H23NO2. The van der Waals surface area contributed by atoms with Crippen molar-refractivity contribution in [3.05, 3.63) is 35.9 Å². The molecule has 1 aromatic rings. The van der Waals surface area contributed by atoms with Crippen molar-refractivity contribution < 1.29 is 9.59 Å². The van der Waals surface area contributed by atoms with Crippen LogP contribution in [0.5, 0.6) is 0 Å². The summed E-state index contributed by atoms with van der Waals surface area (Å²) in [6, 6.07) is 9.87. The van der Waals surface area contributed by atoms with E-state index in [1.165, 1.54) is 0 Å². The first kappa shape index (κ1) is 15.4. The summed E-state index contributed by atoms with van der Waals surface area (Å²) in [6.07, 6.45) is 1.11. The van der Waals surface area contributed by atoms with Crippen LogP contribution in [0.2, 0.25) is 0 Å². The highest BCUT2D eigenvalue weighted by Gasteiger charge is 2.23. The number of carbonyl (C=O) groups excluding carboxylic acids is 2. The number of ketones is 1. The van der Waals surface area contributed by atoms with Gasteiger partial charge in [0.25, 0.3) is 5.91 Å². The topological polar surface area (TPSA) is 46.2 Å². The van der Waals surface area contributed by atoms with Gasteiger partial charge < -0.3 is 5.32 Å². The molecule has 1 amide bonds. The molecule has 1 unspecified atom stereocenters. The van der Waals surface area contributed by atoms with E-state index >= 15 is 0 Å². The van der Waals surface area contributed by atoms with Gasteiger partial charge in [-0.1, -0.05) is 37.3 Å². The summed E-state index contributed by atoms with van der Waals surface area (Å²) in [5.41, 5.74) is 0.739. The van der Waals surface area contributed by atoms with Gasteiger partial charge in [0.1, 0.15) is 0 Å². The monoisotopic (exact) mass is 261 g/mol. The van der Waals surface area contributed by atoms with Crippen molar-refractivity contribution in [2.75, 3.05) is 0 Å². The van der Waals surface area contributed by atoms with E-state index in [1.807, 2.05) is 58.0 Å². The third kappa shape index (κ3) is 5.25. The molecule has 3 nitrogen and oxygen atoms in total. The Hall–Kier alpha value is -1.64. The lowest BCUT2D eigenvalue weighted by atomic mass is 9.91. The van der Waals surface area contributed by atoms with Crippen molar-refractivity contribution >= 4 is 11.7 Å². The van der Waals surface area contributed by atoms with Crippen molar-refractivity contribution in [3.63, 3.8) is 0 Å². The second kappa shape index (κ2) is 6.50. The van der Waals surface area contributed by atoms with E-state index in [2.05, 4.69) is 5.32 Å². The Morgan fingerprint density at radius 3 is 2.21 bits per heavy atom. The number of rotatable bonds is 5. The van der Waals surface area contributed by atoms with E-state index in [4.69, 9.17) is 0 Å². The molecule has 0 radical (unpaired) electrons. The quantitative estimate of drug-likeness (QED) is 0.828. The second-order valence-corrected chi connectivity index (χ2v) is 5.85. The molecule has 1 atom stereocenters. The molecule has 0 bridgehead atoms. The lowest BCUT2D eigenvalue weighted by molar-refractivity contribution is -0.139. The van der Waals surface area contributed by atoms with E-state index in [0.717, 1.165) is 12.0 Å². The molecule has 0 aliphatic rings. The van der Waals surface area contributed by atoms with Gasteiger partial charge in [0, 0.05) is 12.0 Å². The lowest BCUT2D eigenvalue weighted by Crippen LogP contribution is -2.44. The van der Waals surface area contributed by atoms with Crippen LogP contribution in [0.4, 0.5) is 0 Å². The molecule has 19 heavy (non-hydrogen) atoms. The van der Waals surface area contributed by atoms with Gasteiger partial charge in [-0.15, -0.1) is 0 Å². The van der Waals surface area contributed by atoms with Crippen molar-refractivity contribution in [2.45, 2.75) is 52.0 Å².